The average Bonchev–Trinajstić information content (AvgIpc) is 3.16. The van der Waals surface area contributed by atoms with E-state index < -0.39 is 5.41 Å². The van der Waals surface area contributed by atoms with Crippen LogP contribution in [0.1, 0.15) is 61.4 Å². The standard InChI is InChI=1S/C31H35BrN6O2/c1-31(2)27-21(4-3-5-25(27)36-29(31)40)8-11-24-23(32)18-34-30(37-24)35-22-9-6-19(7-10-22)20-13-16-38(17-14-20)28(39)26-12-15-33-26/h3-7,9-10,18,20,26,33H,8,11-17H2,1-2H3,(H,36,40)(H,34,35,37). The Morgan fingerprint density at radius 2 is 1.85 bits per heavy atom. The highest BCUT2D eigenvalue weighted by atomic mass is 79.9. The molecule has 8 nitrogen and oxygen atoms in total. The summed E-state index contributed by atoms with van der Waals surface area (Å²) < 4.78 is 0.868. The van der Waals surface area contributed by atoms with E-state index in [4.69, 9.17) is 4.98 Å². The zero-order chi connectivity index (χ0) is 27.9. The highest BCUT2D eigenvalue weighted by Gasteiger charge is 2.39. The molecule has 0 radical (unpaired) electrons. The summed E-state index contributed by atoms with van der Waals surface area (Å²) in [6.07, 6.45) is 6.23. The van der Waals surface area contributed by atoms with Crippen LogP contribution in [0.4, 0.5) is 17.3 Å². The second-order valence-electron chi connectivity index (χ2n) is 11.5. The number of aromatic nitrogens is 2. The summed E-state index contributed by atoms with van der Waals surface area (Å²) in [5, 5.41) is 9.58. The molecule has 6 rings (SSSR count). The van der Waals surface area contributed by atoms with E-state index in [2.05, 4.69) is 67.2 Å². The Balaban J connectivity index is 1.08. The monoisotopic (exact) mass is 602 g/mol. The molecule has 3 aliphatic heterocycles. The van der Waals surface area contributed by atoms with Crippen molar-refractivity contribution in [1.82, 2.24) is 20.2 Å². The lowest BCUT2D eigenvalue weighted by Crippen LogP contribution is -2.55. The van der Waals surface area contributed by atoms with Crippen LogP contribution in [0.5, 0.6) is 0 Å². The van der Waals surface area contributed by atoms with E-state index in [1.54, 1.807) is 6.20 Å². The van der Waals surface area contributed by atoms with E-state index in [1.807, 2.05) is 30.9 Å². The molecule has 1 aromatic heterocycles. The molecule has 1 atom stereocenters. The average molecular weight is 604 g/mol. The Morgan fingerprint density at radius 1 is 1.10 bits per heavy atom. The van der Waals surface area contributed by atoms with Gasteiger partial charge in [0.25, 0.3) is 0 Å². The summed E-state index contributed by atoms with van der Waals surface area (Å²) in [6.45, 7) is 6.56. The molecule has 4 heterocycles. The van der Waals surface area contributed by atoms with Crippen LogP contribution >= 0.6 is 15.9 Å². The third kappa shape index (κ3) is 5.24. The second kappa shape index (κ2) is 10.9. The topological polar surface area (TPSA) is 99.3 Å². The number of carbonyl (C=O) groups is 2. The van der Waals surface area contributed by atoms with Crippen molar-refractivity contribution >= 4 is 45.1 Å². The molecule has 2 fully saturated rings. The Bertz CT molecular complexity index is 1430. The van der Waals surface area contributed by atoms with Crippen molar-refractivity contribution in [2.45, 2.75) is 63.3 Å². The van der Waals surface area contributed by atoms with Gasteiger partial charge < -0.3 is 20.9 Å². The molecular formula is C31H35BrN6O2. The number of halogens is 1. The van der Waals surface area contributed by atoms with Gasteiger partial charge in [-0.05, 0) is 109 Å². The predicted octanol–water partition coefficient (Wildman–Crippen LogP) is 5.07. The van der Waals surface area contributed by atoms with Gasteiger partial charge in [0.2, 0.25) is 17.8 Å². The Labute approximate surface area is 243 Å². The maximum atomic E-state index is 12.5. The molecule has 0 aliphatic carbocycles. The number of amides is 2. The highest BCUT2D eigenvalue weighted by molar-refractivity contribution is 9.10. The molecule has 0 saturated carbocycles. The summed E-state index contributed by atoms with van der Waals surface area (Å²) >= 11 is 3.62. The fraction of sp³-hybridized carbons (Fsp3) is 0.419. The minimum absolute atomic E-state index is 0.0393. The number of rotatable bonds is 7. The van der Waals surface area contributed by atoms with Gasteiger partial charge in [-0.2, -0.15) is 0 Å². The molecule has 40 heavy (non-hydrogen) atoms. The van der Waals surface area contributed by atoms with Crippen molar-refractivity contribution < 1.29 is 9.59 Å². The van der Waals surface area contributed by atoms with Crippen molar-refractivity contribution in [1.29, 1.82) is 0 Å². The molecule has 2 amide bonds. The van der Waals surface area contributed by atoms with Crippen LogP contribution in [0.25, 0.3) is 0 Å². The first-order chi connectivity index (χ1) is 19.3. The van der Waals surface area contributed by atoms with Gasteiger partial charge in [-0.3, -0.25) is 9.59 Å². The molecule has 1 unspecified atom stereocenters. The maximum Gasteiger partial charge on any atom is 0.239 e. The largest absolute Gasteiger partial charge is 0.341 e. The minimum Gasteiger partial charge on any atom is -0.341 e. The fourth-order valence-corrected chi connectivity index (χ4v) is 6.44. The predicted molar refractivity (Wildman–Crippen MR) is 160 cm³/mol. The van der Waals surface area contributed by atoms with E-state index >= 15 is 0 Å². The molecule has 0 spiro atoms. The molecule has 208 valence electrons. The molecule has 3 N–H and O–H groups in total. The Morgan fingerprint density at radius 3 is 2.55 bits per heavy atom. The third-order valence-electron chi connectivity index (χ3n) is 8.61. The first-order valence-corrected chi connectivity index (χ1v) is 14.9. The third-order valence-corrected chi connectivity index (χ3v) is 9.27. The molecular weight excluding hydrogens is 568 g/mol. The van der Waals surface area contributed by atoms with Crippen molar-refractivity contribution in [2.24, 2.45) is 0 Å². The number of nitrogens with one attached hydrogen (secondary N) is 3. The lowest BCUT2D eigenvalue weighted by Gasteiger charge is -2.37. The van der Waals surface area contributed by atoms with Gasteiger partial charge in [-0.1, -0.05) is 24.3 Å². The van der Waals surface area contributed by atoms with Gasteiger partial charge in [-0.15, -0.1) is 0 Å². The Hall–Kier alpha value is -3.30. The first-order valence-electron chi connectivity index (χ1n) is 14.1. The number of hydrogen-bond acceptors (Lipinski definition) is 6. The fourth-order valence-electron chi connectivity index (χ4n) is 6.05. The smallest absolute Gasteiger partial charge is 0.239 e. The summed E-state index contributed by atoms with van der Waals surface area (Å²) in [5.41, 5.74) is 5.76. The maximum absolute atomic E-state index is 12.5. The van der Waals surface area contributed by atoms with Gasteiger partial charge in [-0.25, -0.2) is 9.97 Å². The van der Waals surface area contributed by atoms with E-state index in [0.717, 1.165) is 84.4 Å². The first kappa shape index (κ1) is 26.9. The number of benzene rings is 2. The molecule has 3 aliphatic rings. The van der Waals surface area contributed by atoms with Crippen LogP contribution < -0.4 is 16.0 Å². The molecule has 3 aromatic rings. The SMILES string of the molecule is CC1(C)C(=O)Nc2cccc(CCc3nc(Nc4ccc(C5CCN(C(=O)C6CCN6)CC5)cc4)ncc3Br)c21. The van der Waals surface area contributed by atoms with Crippen LogP contribution in [0.15, 0.2) is 53.1 Å². The Kier molecular flexibility index (Phi) is 7.35. The quantitative estimate of drug-likeness (QED) is 0.349. The van der Waals surface area contributed by atoms with Gasteiger partial charge in [0.1, 0.15) is 0 Å². The zero-order valence-corrected chi connectivity index (χ0v) is 24.6. The van der Waals surface area contributed by atoms with Crippen LogP contribution in [-0.4, -0.2) is 52.4 Å². The van der Waals surface area contributed by atoms with Gasteiger partial charge in [0, 0.05) is 30.7 Å². The molecule has 0 bridgehead atoms. The van der Waals surface area contributed by atoms with Gasteiger partial charge >= 0.3 is 0 Å². The lowest BCUT2D eigenvalue weighted by molar-refractivity contribution is -0.136. The van der Waals surface area contributed by atoms with Gasteiger partial charge in [0.15, 0.2) is 0 Å². The van der Waals surface area contributed by atoms with Crippen molar-refractivity contribution in [2.75, 3.05) is 30.3 Å². The summed E-state index contributed by atoms with van der Waals surface area (Å²) in [7, 11) is 0. The number of hydrogen-bond donors (Lipinski definition) is 3. The van der Waals surface area contributed by atoms with Crippen molar-refractivity contribution in [3.8, 4) is 0 Å². The zero-order valence-electron chi connectivity index (χ0n) is 23.0. The highest BCUT2D eigenvalue weighted by Crippen LogP contribution is 2.40. The normalized spacial score (nSPS) is 20.0. The number of piperidine rings is 1. The minimum atomic E-state index is -0.546. The van der Waals surface area contributed by atoms with E-state index in [9.17, 15) is 9.59 Å². The lowest BCUT2D eigenvalue weighted by atomic mass is 9.82. The second-order valence-corrected chi connectivity index (χ2v) is 12.4. The van der Waals surface area contributed by atoms with Crippen LogP contribution in [0, 0.1) is 0 Å². The van der Waals surface area contributed by atoms with Crippen LogP contribution in [0.3, 0.4) is 0 Å². The summed E-state index contributed by atoms with van der Waals surface area (Å²) in [6, 6.07) is 14.6. The molecule has 2 saturated heterocycles. The van der Waals surface area contributed by atoms with Crippen molar-refractivity contribution in [3.05, 3.63) is 75.5 Å². The van der Waals surface area contributed by atoms with E-state index in [1.165, 1.54) is 5.56 Å². The number of aryl methyl sites for hydroxylation is 2. The summed E-state index contributed by atoms with van der Waals surface area (Å²) in [4.78, 5) is 36.3. The number of carbonyl (C=O) groups excluding carboxylic acids is 2. The number of likely N-dealkylation sites (tertiary alicyclic amines) is 1. The number of fused-ring (bicyclic) bond motifs is 1. The van der Waals surface area contributed by atoms with Crippen LogP contribution in [-0.2, 0) is 27.8 Å². The van der Waals surface area contributed by atoms with E-state index in [-0.39, 0.29) is 17.9 Å². The van der Waals surface area contributed by atoms with Crippen LogP contribution in [0.2, 0.25) is 0 Å². The van der Waals surface area contributed by atoms with Gasteiger partial charge in [0.05, 0.1) is 21.6 Å². The van der Waals surface area contributed by atoms with Crippen molar-refractivity contribution in [3.63, 3.8) is 0 Å². The number of anilines is 3. The number of nitrogens with zero attached hydrogens (tertiary/aromatic N) is 3. The van der Waals surface area contributed by atoms with E-state index in [0.29, 0.717) is 11.9 Å². The molecule has 2 aromatic carbocycles. The summed E-state index contributed by atoms with van der Waals surface area (Å²) in [5.74, 6) is 1.33. The molecule has 9 heteroatoms.